The molecule has 1 rings (SSSR count). The fourth-order valence-electron chi connectivity index (χ4n) is 2.31. The van der Waals surface area contributed by atoms with Crippen molar-refractivity contribution in [1.82, 2.24) is 24.9 Å². The topological polar surface area (TPSA) is 36.3 Å². The maximum absolute atomic E-state index is 5.45. The monoisotopic (exact) mass is 311 g/mol. The summed E-state index contributed by atoms with van der Waals surface area (Å²) in [6.45, 7) is 10.00. The highest BCUT2D eigenvalue weighted by Gasteiger charge is 2.13. The van der Waals surface area contributed by atoms with Crippen molar-refractivity contribution in [3.05, 3.63) is 17.0 Å². The molecule has 21 heavy (non-hydrogen) atoms. The van der Waals surface area contributed by atoms with E-state index in [1.807, 2.05) is 11.7 Å². The van der Waals surface area contributed by atoms with Crippen molar-refractivity contribution >= 4 is 17.3 Å². The van der Waals surface area contributed by atoms with Crippen LogP contribution in [0.1, 0.15) is 30.3 Å². The van der Waals surface area contributed by atoms with Crippen LogP contribution in [0.2, 0.25) is 0 Å². The smallest absolute Gasteiger partial charge is 0.168 e. The second-order valence-corrected chi connectivity index (χ2v) is 6.10. The largest absolute Gasteiger partial charge is 0.363 e. The van der Waals surface area contributed by atoms with Crippen LogP contribution in [0.4, 0.5) is 0 Å². The minimum atomic E-state index is 0.803. The lowest BCUT2D eigenvalue weighted by Crippen LogP contribution is -2.37. The lowest BCUT2D eigenvalue weighted by Gasteiger charge is -2.21. The van der Waals surface area contributed by atoms with E-state index in [9.17, 15) is 0 Å². The normalized spacial score (nSPS) is 11.0. The molecule has 0 aliphatic carbocycles. The lowest BCUT2D eigenvalue weighted by atomic mass is 10.2. The fraction of sp³-hybridized carbons (Fsp3) is 0.733. The molecule has 0 radical (unpaired) electrons. The number of nitrogens with zero attached hydrogens (tertiary/aromatic N) is 4. The van der Waals surface area contributed by atoms with E-state index in [0.29, 0.717) is 0 Å². The zero-order chi connectivity index (χ0) is 16.0. The van der Waals surface area contributed by atoms with Crippen LogP contribution in [0.15, 0.2) is 0 Å². The summed E-state index contributed by atoms with van der Waals surface area (Å²) in [7, 11) is 6.20. The van der Waals surface area contributed by atoms with Gasteiger partial charge in [0.15, 0.2) is 5.11 Å². The predicted molar refractivity (Wildman–Crippen MR) is 92.6 cm³/mol. The van der Waals surface area contributed by atoms with E-state index >= 15 is 0 Å². The number of hydrogen-bond acceptors (Lipinski definition) is 3. The van der Waals surface area contributed by atoms with Gasteiger partial charge in [0.2, 0.25) is 0 Å². The first kappa shape index (κ1) is 17.9. The van der Waals surface area contributed by atoms with Crippen LogP contribution in [0.25, 0.3) is 0 Å². The van der Waals surface area contributed by atoms with Crippen molar-refractivity contribution in [1.29, 1.82) is 0 Å². The van der Waals surface area contributed by atoms with Crippen LogP contribution in [0.5, 0.6) is 0 Å². The quantitative estimate of drug-likeness (QED) is 0.613. The Labute approximate surface area is 134 Å². The van der Waals surface area contributed by atoms with E-state index in [1.54, 1.807) is 0 Å². The Bertz CT molecular complexity index is 467. The van der Waals surface area contributed by atoms with Gasteiger partial charge in [-0.3, -0.25) is 4.68 Å². The summed E-state index contributed by atoms with van der Waals surface area (Å²) in [6.07, 6.45) is 1.09. The first-order chi connectivity index (χ1) is 9.86. The molecule has 0 aliphatic rings. The molecule has 1 heterocycles. The van der Waals surface area contributed by atoms with Crippen LogP contribution >= 0.6 is 12.2 Å². The summed E-state index contributed by atoms with van der Waals surface area (Å²) in [5.41, 5.74) is 3.60. The highest BCUT2D eigenvalue weighted by Crippen LogP contribution is 2.15. The SMILES string of the molecule is CCn1nc(C)c(CN(C)C(=S)NCCCN(C)C)c1C. The van der Waals surface area contributed by atoms with Crippen LogP contribution in [-0.4, -0.2) is 58.9 Å². The Morgan fingerprint density at radius 3 is 2.48 bits per heavy atom. The zero-order valence-corrected chi connectivity index (χ0v) is 15.0. The van der Waals surface area contributed by atoms with Gasteiger partial charge < -0.3 is 15.1 Å². The number of nitrogens with one attached hydrogen (secondary N) is 1. The molecule has 1 aromatic heterocycles. The number of aryl methyl sites for hydroxylation is 2. The van der Waals surface area contributed by atoms with Crippen molar-refractivity contribution in [2.24, 2.45) is 0 Å². The molecule has 6 heteroatoms. The minimum absolute atomic E-state index is 0.803. The standard InChI is InChI=1S/C15H29N5S/c1-7-20-13(3)14(12(2)17-20)11-19(6)15(21)16-9-8-10-18(4)5/h7-11H2,1-6H3,(H,16,21). The third kappa shape index (κ3) is 5.28. The van der Waals surface area contributed by atoms with E-state index in [2.05, 4.69) is 55.1 Å². The summed E-state index contributed by atoms with van der Waals surface area (Å²) in [5.74, 6) is 0. The van der Waals surface area contributed by atoms with Gasteiger partial charge in [0.05, 0.1) is 5.69 Å². The van der Waals surface area contributed by atoms with Gasteiger partial charge in [-0.05, 0) is 60.1 Å². The number of rotatable bonds is 7. The van der Waals surface area contributed by atoms with Gasteiger partial charge in [-0.15, -0.1) is 0 Å². The second-order valence-electron chi connectivity index (χ2n) is 5.71. The van der Waals surface area contributed by atoms with Gasteiger partial charge in [0, 0.05) is 37.9 Å². The van der Waals surface area contributed by atoms with E-state index < -0.39 is 0 Å². The van der Waals surface area contributed by atoms with Crippen LogP contribution in [0, 0.1) is 13.8 Å². The second kappa shape index (κ2) is 8.34. The molecule has 0 aromatic carbocycles. The van der Waals surface area contributed by atoms with Crippen LogP contribution in [0.3, 0.4) is 0 Å². The van der Waals surface area contributed by atoms with E-state index in [-0.39, 0.29) is 0 Å². The number of hydrogen-bond donors (Lipinski definition) is 1. The Morgan fingerprint density at radius 2 is 1.95 bits per heavy atom. The van der Waals surface area contributed by atoms with Gasteiger partial charge in [-0.2, -0.15) is 5.10 Å². The number of aromatic nitrogens is 2. The van der Waals surface area contributed by atoms with Gasteiger partial charge in [-0.25, -0.2) is 0 Å². The molecule has 1 N–H and O–H groups in total. The lowest BCUT2D eigenvalue weighted by molar-refractivity contribution is 0.397. The summed E-state index contributed by atoms with van der Waals surface area (Å²) in [5, 5.41) is 8.68. The Kier molecular flexibility index (Phi) is 7.11. The molecule has 0 amide bonds. The molecule has 120 valence electrons. The van der Waals surface area contributed by atoms with Gasteiger partial charge in [-0.1, -0.05) is 0 Å². The summed E-state index contributed by atoms with van der Waals surface area (Å²) in [6, 6.07) is 0. The molecule has 0 fully saturated rings. The summed E-state index contributed by atoms with van der Waals surface area (Å²) in [4.78, 5) is 4.27. The molecule has 0 atom stereocenters. The molecular formula is C15H29N5S. The average molecular weight is 311 g/mol. The number of thiocarbonyl (C=S) groups is 1. The molecule has 0 spiro atoms. The Hall–Kier alpha value is -1.14. The molecule has 0 saturated heterocycles. The minimum Gasteiger partial charge on any atom is -0.363 e. The average Bonchev–Trinajstić information content (AvgIpc) is 2.70. The third-order valence-corrected chi connectivity index (χ3v) is 4.09. The first-order valence-electron chi connectivity index (χ1n) is 7.53. The van der Waals surface area contributed by atoms with Crippen molar-refractivity contribution in [3.63, 3.8) is 0 Å². The fourth-order valence-corrected chi connectivity index (χ4v) is 2.47. The predicted octanol–water partition coefficient (Wildman–Crippen LogP) is 1.78. The molecule has 1 aromatic rings. The van der Waals surface area contributed by atoms with Crippen LogP contribution < -0.4 is 5.32 Å². The highest BCUT2D eigenvalue weighted by molar-refractivity contribution is 7.80. The van der Waals surface area contributed by atoms with Gasteiger partial charge in [0.1, 0.15) is 0 Å². The highest BCUT2D eigenvalue weighted by atomic mass is 32.1. The first-order valence-corrected chi connectivity index (χ1v) is 7.94. The molecule has 0 bridgehead atoms. The Morgan fingerprint density at radius 1 is 1.29 bits per heavy atom. The van der Waals surface area contributed by atoms with E-state index in [0.717, 1.165) is 43.4 Å². The van der Waals surface area contributed by atoms with Gasteiger partial charge >= 0.3 is 0 Å². The van der Waals surface area contributed by atoms with Crippen LogP contribution in [-0.2, 0) is 13.1 Å². The van der Waals surface area contributed by atoms with E-state index in [1.165, 1.54) is 11.3 Å². The van der Waals surface area contributed by atoms with E-state index in [4.69, 9.17) is 12.2 Å². The van der Waals surface area contributed by atoms with Crippen molar-refractivity contribution in [2.45, 2.75) is 40.3 Å². The zero-order valence-electron chi connectivity index (χ0n) is 14.2. The Balaban J connectivity index is 2.51. The van der Waals surface area contributed by atoms with Gasteiger partial charge in [0.25, 0.3) is 0 Å². The molecular weight excluding hydrogens is 282 g/mol. The maximum atomic E-state index is 5.45. The third-order valence-electron chi connectivity index (χ3n) is 3.63. The molecule has 0 saturated carbocycles. The van der Waals surface area contributed by atoms with Crippen molar-refractivity contribution < 1.29 is 0 Å². The molecule has 0 aliphatic heterocycles. The molecule has 0 unspecified atom stereocenters. The van der Waals surface area contributed by atoms with Crippen molar-refractivity contribution in [3.8, 4) is 0 Å². The van der Waals surface area contributed by atoms with Crippen molar-refractivity contribution in [2.75, 3.05) is 34.2 Å². The molecule has 5 nitrogen and oxygen atoms in total. The maximum Gasteiger partial charge on any atom is 0.168 e. The summed E-state index contributed by atoms with van der Waals surface area (Å²) >= 11 is 5.45. The summed E-state index contributed by atoms with van der Waals surface area (Å²) < 4.78 is 2.05.